The highest BCUT2D eigenvalue weighted by Crippen LogP contribution is 2.30. The van der Waals surface area contributed by atoms with Gasteiger partial charge in [-0.25, -0.2) is 0 Å². The van der Waals surface area contributed by atoms with Crippen LogP contribution in [0.25, 0.3) is 0 Å². The van der Waals surface area contributed by atoms with Gasteiger partial charge in [0.05, 0.1) is 18.6 Å². The molecule has 0 aliphatic carbocycles. The number of ether oxygens (including phenoxy) is 2. The predicted octanol–water partition coefficient (Wildman–Crippen LogP) is 1.56. The number of hydrogen-bond acceptors (Lipinski definition) is 6. The van der Waals surface area contributed by atoms with Crippen LogP contribution in [0.4, 0.5) is 0 Å². The molecule has 1 fully saturated rings. The Morgan fingerprint density at radius 2 is 2.32 bits per heavy atom. The lowest BCUT2D eigenvalue weighted by atomic mass is 10.0. The van der Waals surface area contributed by atoms with Crippen LogP contribution in [0.2, 0.25) is 0 Å². The maximum absolute atomic E-state index is 6.18. The van der Waals surface area contributed by atoms with E-state index < -0.39 is 5.54 Å². The Morgan fingerprint density at radius 3 is 2.95 bits per heavy atom. The van der Waals surface area contributed by atoms with Gasteiger partial charge in [-0.1, -0.05) is 12.1 Å². The summed E-state index contributed by atoms with van der Waals surface area (Å²) in [6.07, 6.45) is 2.00. The van der Waals surface area contributed by atoms with Crippen molar-refractivity contribution in [3.8, 4) is 0 Å². The summed E-state index contributed by atoms with van der Waals surface area (Å²) in [6, 6.07) is 0. The molecule has 19 heavy (non-hydrogen) atoms. The van der Waals surface area contributed by atoms with Crippen molar-refractivity contribution in [2.75, 3.05) is 19.8 Å². The lowest BCUT2D eigenvalue weighted by molar-refractivity contribution is 0.0867. The molecule has 2 heterocycles. The van der Waals surface area contributed by atoms with E-state index in [4.69, 9.17) is 19.7 Å². The van der Waals surface area contributed by atoms with E-state index in [2.05, 4.69) is 17.1 Å². The Labute approximate surface area is 113 Å². The zero-order valence-electron chi connectivity index (χ0n) is 11.9. The molecular formula is C13H23N3O3. The van der Waals surface area contributed by atoms with Gasteiger partial charge in [0.15, 0.2) is 5.82 Å². The van der Waals surface area contributed by atoms with E-state index in [1.807, 2.05) is 13.8 Å². The minimum atomic E-state index is -0.723. The number of rotatable bonds is 6. The maximum Gasteiger partial charge on any atom is 0.232 e. The lowest BCUT2D eigenvalue weighted by Gasteiger charge is -2.20. The Hall–Kier alpha value is -0.980. The molecule has 3 atom stereocenters. The van der Waals surface area contributed by atoms with E-state index in [1.54, 1.807) is 0 Å². The third-order valence-electron chi connectivity index (χ3n) is 3.40. The molecule has 0 radical (unpaired) electrons. The summed E-state index contributed by atoms with van der Waals surface area (Å²) < 4.78 is 16.3. The Kier molecular flexibility index (Phi) is 4.54. The van der Waals surface area contributed by atoms with Gasteiger partial charge in [0.2, 0.25) is 5.89 Å². The minimum Gasteiger partial charge on any atom is -0.379 e. The van der Waals surface area contributed by atoms with Crippen molar-refractivity contribution in [1.82, 2.24) is 10.1 Å². The molecule has 1 aliphatic rings. The maximum atomic E-state index is 6.18. The number of nitrogens with two attached hydrogens (primary N) is 1. The highest BCUT2D eigenvalue weighted by molar-refractivity contribution is 5.06. The molecule has 0 bridgehead atoms. The summed E-state index contributed by atoms with van der Waals surface area (Å²) >= 11 is 0. The van der Waals surface area contributed by atoms with Crippen LogP contribution in [0.3, 0.4) is 0 Å². The second kappa shape index (κ2) is 5.98. The van der Waals surface area contributed by atoms with Crippen molar-refractivity contribution in [2.45, 2.75) is 51.2 Å². The summed E-state index contributed by atoms with van der Waals surface area (Å²) in [7, 11) is 0. The van der Waals surface area contributed by atoms with E-state index >= 15 is 0 Å². The number of aromatic nitrogens is 2. The van der Waals surface area contributed by atoms with Crippen LogP contribution in [0.5, 0.6) is 0 Å². The number of nitrogens with zero attached hydrogens (tertiary/aromatic N) is 2. The van der Waals surface area contributed by atoms with Gasteiger partial charge in [0.25, 0.3) is 0 Å². The summed E-state index contributed by atoms with van der Waals surface area (Å²) in [5.41, 5.74) is 5.46. The normalized spacial score (nSPS) is 26.5. The van der Waals surface area contributed by atoms with Gasteiger partial charge >= 0.3 is 0 Å². The van der Waals surface area contributed by atoms with Crippen LogP contribution in [-0.4, -0.2) is 36.1 Å². The first-order chi connectivity index (χ1) is 9.04. The molecule has 0 spiro atoms. The molecular weight excluding hydrogens is 246 g/mol. The standard InChI is InChI=1S/C13H23N3O3/c1-4-6-17-8-13(3,14)12-15-11(19-16-12)10-5-7-18-9(10)2/h9-10H,4-8,14H2,1-3H3. The quantitative estimate of drug-likeness (QED) is 0.789. The number of hydrogen-bond donors (Lipinski definition) is 1. The summed E-state index contributed by atoms with van der Waals surface area (Å²) in [5.74, 6) is 1.29. The molecule has 3 unspecified atom stereocenters. The second-order valence-corrected chi connectivity index (χ2v) is 5.40. The van der Waals surface area contributed by atoms with Crippen LogP contribution in [0, 0.1) is 0 Å². The van der Waals surface area contributed by atoms with Crippen LogP contribution in [0.15, 0.2) is 4.52 Å². The second-order valence-electron chi connectivity index (χ2n) is 5.40. The lowest BCUT2D eigenvalue weighted by Crippen LogP contribution is -2.39. The van der Waals surface area contributed by atoms with Crippen molar-refractivity contribution in [3.05, 3.63) is 11.7 Å². The Bertz CT molecular complexity index is 406. The molecule has 0 amide bonds. The zero-order chi connectivity index (χ0) is 13.9. The van der Waals surface area contributed by atoms with Crippen molar-refractivity contribution in [3.63, 3.8) is 0 Å². The zero-order valence-corrected chi connectivity index (χ0v) is 11.9. The Balaban J connectivity index is 2.03. The van der Waals surface area contributed by atoms with E-state index in [0.29, 0.717) is 24.9 Å². The minimum absolute atomic E-state index is 0.119. The van der Waals surface area contributed by atoms with Gasteiger partial charge in [0, 0.05) is 13.2 Å². The molecule has 0 saturated carbocycles. The first-order valence-electron chi connectivity index (χ1n) is 6.87. The molecule has 1 aliphatic heterocycles. The van der Waals surface area contributed by atoms with E-state index in [0.717, 1.165) is 19.4 Å². The topological polar surface area (TPSA) is 83.4 Å². The largest absolute Gasteiger partial charge is 0.379 e. The average molecular weight is 269 g/mol. The van der Waals surface area contributed by atoms with Gasteiger partial charge in [-0.15, -0.1) is 0 Å². The van der Waals surface area contributed by atoms with Crippen LogP contribution in [0.1, 0.15) is 51.2 Å². The molecule has 2 rings (SSSR count). The van der Waals surface area contributed by atoms with Crippen molar-refractivity contribution < 1.29 is 14.0 Å². The van der Waals surface area contributed by atoms with Crippen molar-refractivity contribution >= 4 is 0 Å². The fourth-order valence-electron chi connectivity index (χ4n) is 2.17. The van der Waals surface area contributed by atoms with Gasteiger partial charge in [-0.05, 0) is 26.7 Å². The molecule has 6 nitrogen and oxygen atoms in total. The molecule has 6 heteroatoms. The third-order valence-corrected chi connectivity index (χ3v) is 3.40. The van der Waals surface area contributed by atoms with E-state index in [9.17, 15) is 0 Å². The molecule has 108 valence electrons. The predicted molar refractivity (Wildman–Crippen MR) is 69.7 cm³/mol. The van der Waals surface area contributed by atoms with Gasteiger partial charge in [-0.2, -0.15) is 4.98 Å². The van der Waals surface area contributed by atoms with Crippen LogP contribution in [-0.2, 0) is 15.0 Å². The summed E-state index contributed by atoms with van der Waals surface area (Å²) in [6.45, 7) is 7.74. The van der Waals surface area contributed by atoms with Gasteiger partial charge in [0.1, 0.15) is 5.54 Å². The van der Waals surface area contributed by atoms with Crippen molar-refractivity contribution in [1.29, 1.82) is 0 Å². The monoisotopic (exact) mass is 269 g/mol. The van der Waals surface area contributed by atoms with Gasteiger partial charge in [-0.3, -0.25) is 0 Å². The molecule has 1 aromatic rings. The van der Waals surface area contributed by atoms with Crippen LogP contribution < -0.4 is 5.73 Å². The smallest absolute Gasteiger partial charge is 0.232 e. The molecule has 1 aromatic heterocycles. The fourth-order valence-corrected chi connectivity index (χ4v) is 2.17. The molecule has 1 saturated heterocycles. The Morgan fingerprint density at radius 1 is 1.53 bits per heavy atom. The SMILES string of the molecule is CCCOCC(C)(N)c1noc(C2CCOC2C)n1. The first-order valence-corrected chi connectivity index (χ1v) is 6.87. The fraction of sp³-hybridized carbons (Fsp3) is 0.846. The van der Waals surface area contributed by atoms with Gasteiger partial charge < -0.3 is 19.7 Å². The van der Waals surface area contributed by atoms with E-state index in [-0.39, 0.29) is 12.0 Å². The summed E-state index contributed by atoms with van der Waals surface area (Å²) in [4.78, 5) is 4.43. The summed E-state index contributed by atoms with van der Waals surface area (Å²) in [5, 5.41) is 4.00. The molecule has 0 aromatic carbocycles. The average Bonchev–Trinajstić information content (AvgIpc) is 2.97. The third kappa shape index (κ3) is 3.32. The van der Waals surface area contributed by atoms with Crippen LogP contribution >= 0.6 is 0 Å². The highest BCUT2D eigenvalue weighted by Gasteiger charge is 2.34. The van der Waals surface area contributed by atoms with E-state index in [1.165, 1.54) is 0 Å². The highest BCUT2D eigenvalue weighted by atomic mass is 16.5. The first kappa shape index (κ1) is 14.4. The molecule has 2 N–H and O–H groups in total. The van der Waals surface area contributed by atoms with Crippen molar-refractivity contribution in [2.24, 2.45) is 5.73 Å².